The second-order valence-corrected chi connectivity index (χ2v) is 7.32. The highest BCUT2D eigenvalue weighted by molar-refractivity contribution is 7.18. The molecule has 0 saturated carbocycles. The number of aromatic nitrogens is 1. The van der Waals surface area contributed by atoms with Crippen LogP contribution in [0.1, 0.15) is 5.56 Å². The second kappa shape index (κ2) is 7.12. The fourth-order valence-corrected chi connectivity index (χ4v) is 4.23. The van der Waals surface area contributed by atoms with Crippen molar-refractivity contribution in [3.05, 3.63) is 53.4 Å². The van der Waals surface area contributed by atoms with Crippen molar-refractivity contribution in [2.75, 3.05) is 19.5 Å². The Bertz CT molecular complexity index is 1230. The largest absolute Gasteiger partial charge is 0.497 e. The van der Waals surface area contributed by atoms with Gasteiger partial charge in [0.25, 0.3) is 0 Å². The molecule has 146 valence electrons. The minimum atomic E-state index is 0.710. The van der Waals surface area contributed by atoms with Crippen LogP contribution >= 0.6 is 11.3 Å². The third-order valence-electron chi connectivity index (χ3n) is 4.69. The highest BCUT2D eigenvalue weighted by Gasteiger charge is 2.14. The van der Waals surface area contributed by atoms with Crippen LogP contribution in [0.5, 0.6) is 11.5 Å². The molecule has 9 heteroatoms. The molecule has 4 N–H and O–H groups in total. The molecule has 0 saturated heterocycles. The number of rotatable bonds is 5. The average molecular weight is 406 g/mol. The first kappa shape index (κ1) is 17.5. The van der Waals surface area contributed by atoms with Crippen LogP contribution in [0.3, 0.4) is 0 Å². The van der Waals surface area contributed by atoms with Crippen LogP contribution < -0.4 is 31.3 Å². The minimum absolute atomic E-state index is 0.710. The Hall–Kier alpha value is -3.56. The maximum absolute atomic E-state index is 5.38. The van der Waals surface area contributed by atoms with Gasteiger partial charge in [0.2, 0.25) is 0 Å². The number of nitrogens with one attached hydrogen (secondary N) is 4. The number of thiophene rings is 1. The first-order valence-corrected chi connectivity index (χ1v) is 9.78. The number of hydrazone groups is 1. The zero-order valence-corrected chi connectivity index (χ0v) is 16.6. The number of fused-ring (bicyclic) bond motifs is 3. The van der Waals surface area contributed by atoms with Crippen LogP contribution in [0.25, 0.3) is 21.0 Å². The summed E-state index contributed by atoms with van der Waals surface area (Å²) in [6.07, 6.45) is 0. The maximum Gasteiger partial charge on any atom is 0.170 e. The standard InChI is InChI=1S/C20H18N6O2S/c1-27-13-8-12(9-14(10-13)28-2)21-20-16-5-6-29-18(16)15-4-3-11(7-17(15)22-20)19-23-25-26-24-19/h3-10,25-26H,1-2H3,(H,21,22)(H,23,24). The molecule has 0 atom stereocenters. The van der Waals surface area contributed by atoms with Crippen molar-refractivity contribution >= 4 is 49.7 Å². The summed E-state index contributed by atoms with van der Waals surface area (Å²) >= 11 is 1.70. The molecule has 1 aliphatic heterocycles. The lowest BCUT2D eigenvalue weighted by Crippen LogP contribution is -2.35. The Morgan fingerprint density at radius 3 is 2.52 bits per heavy atom. The Morgan fingerprint density at radius 2 is 1.79 bits per heavy atom. The van der Waals surface area contributed by atoms with E-state index in [0.717, 1.165) is 33.4 Å². The molecule has 0 amide bonds. The number of amidine groups is 1. The van der Waals surface area contributed by atoms with Crippen molar-refractivity contribution in [3.8, 4) is 11.5 Å². The van der Waals surface area contributed by atoms with E-state index in [2.05, 4.69) is 44.4 Å². The number of hydrazine groups is 2. The number of pyridine rings is 1. The van der Waals surface area contributed by atoms with Gasteiger partial charge in [0.15, 0.2) is 5.84 Å². The second-order valence-electron chi connectivity index (χ2n) is 6.40. The van der Waals surface area contributed by atoms with Gasteiger partial charge in [0, 0.05) is 44.9 Å². The predicted molar refractivity (Wildman–Crippen MR) is 116 cm³/mol. The van der Waals surface area contributed by atoms with Crippen LogP contribution in [0.4, 0.5) is 11.5 Å². The van der Waals surface area contributed by atoms with Crippen LogP contribution in [-0.2, 0) is 0 Å². The van der Waals surface area contributed by atoms with E-state index < -0.39 is 0 Å². The number of ether oxygens (including phenoxy) is 2. The molecule has 0 bridgehead atoms. The molecule has 29 heavy (non-hydrogen) atoms. The van der Waals surface area contributed by atoms with Crippen LogP contribution in [0.2, 0.25) is 0 Å². The fraction of sp³-hybridized carbons (Fsp3) is 0.100. The molecule has 8 nitrogen and oxygen atoms in total. The van der Waals surface area contributed by atoms with Gasteiger partial charge >= 0.3 is 0 Å². The summed E-state index contributed by atoms with van der Waals surface area (Å²) in [5, 5.41) is 11.8. The summed E-state index contributed by atoms with van der Waals surface area (Å²) < 4.78 is 11.9. The number of hydrogen-bond acceptors (Lipinski definition) is 9. The minimum Gasteiger partial charge on any atom is -0.497 e. The summed E-state index contributed by atoms with van der Waals surface area (Å²) in [5.41, 5.74) is 11.1. The van der Waals surface area contributed by atoms with E-state index in [9.17, 15) is 0 Å². The Balaban J connectivity index is 1.63. The van der Waals surface area contributed by atoms with Gasteiger partial charge in [0.05, 0.1) is 19.7 Å². The average Bonchev–Trinajstić information content (AvgIpc) is 3.45. The number of benzene rings is 2. The quantitative estimate of drug-likeness (QED) is 0.403. The van der Waals surface area contributed by atoms with E-state index in [4.69, 9.17) is 14.5 Å². The lowest BCUT2D eigenvalue weighted by atomic mass is 10.1. The third-order valence-corrected chi connectivity index (χ3v) is 5.63. The Morgan fingerprint density at radius 1 is 0.966 bits per heavy atom. The first-order chi connectivity index (χ1) is 14.2. The van der Waals surface area contributed by atoms with E-state index in [1.54, 1.807) is 25.6 Å². The molecular formula is C20H18N6O2S. The van der Waals surface area contributed by atoms with Crippen molar-refractivity contribution in [3.63, 3.8) is 0 Å². The SMILES string of the molecule is COc1cc(Nc2nc3cc(C4=NNNN4)ccc3c3sccc23)cc(OC)c1. The van der Waals surface area contributed by atoms with Gasteiger partial charge in [-0.15, -0.1) is 22.0 Å². The molecule has 3 heterocycles. The lowest BCUT2D eigenvalue weighted by molar-refractivity contribution is 0.395. The fourth-order valence-electron chi connectivity index (χ4n) is 3.30. The lowest BCUT2D eigenvalue weighted by Gasteiger charge is -2.12. The number of anilines is 2. The molecular weight excluding hydrogens is 388 g/mol. The number of nitrogens with zero attached hydrogens (tertiary/aromatic N) is 2. The summed E-state index contributed by atoms with van der Waals surface area (Å²) in [6.45, 7) is 0. The molecule has 0 unspecified atom stereocenters. The molecule has 4 aromatic rings. The number of hydrogen-bond donors (Lipinski definition) is 4. The highest BCUT2D eigenvalue weighted by Crippen LogP contribution is 2.36. The molecule has 1 aliphatic rings. The van der Waals surface area contributed by atoms with Crippen molar-refractivity contribution in [2.24, 2.45) is 5.10 Å². The van der Waals surface area contributed by atoms with Crippen molar-refractivity contribution in [1.82, 2.24) is 21.5 Å². The summed E-state index contributed by atoms with van der Waals surface area (Å²) in [6, 6.07) is 13.9. The molecule has 5 rings (SSSR count). The molecule has 0 fully saturated rings. The predicted octanol–water partition coefficient (Wildman–Crippen LogP) is 3.48. The third kappa shape index (κ3) is 3.16. The Labute approximate surface area is 170 Å². The summed E-state index contributed by atoms with van der Waals surface area (Å²) in [4.78, 5) is 4.90. The van der Waals surface area contributed by atoms with Crippen molar-refractivity contribution < 1.29 is 9.47 Å². The van der Waals surface area contributed by atoms with Gasteiger partial charge in [-0.05, 0) is 17.5 Å². The normalized spacial score (nSPS) is 13.1. The molecule has 2 aromatic heterocycles. The van der Waals surface area contributed by atoms with Gasteiger partial charge in [-0.25, -0.2) is 10.5 Å². The van der Waals surface area contributed by atoms with E-state index in [-0.39, 0.29) is 0 Å². The van der Waals surface area contributed by atoms with Crippen LogP contribution in [0, 0.1) is 0 Å². The smallest absolute Gasteiger partial charge is 0.170 e. The highest BCUT2D eigenvalue weighted by atomic mass is 32.1. The van der Waals surface area contributed by atoms with Crippen LogP contribution in [0.15, 0.2) is 52.9 Å². The van der Waals surface area contributed by atoms with Crippen molar-refractivity contribution in [2.45, 2.75) is 0 Å². The molecule has 0 spiro atoms. The maximum atomic E-state index is 5.38. The van der Waals surface area contributed by atoms with Gasteiger partial charge in [-0.2, -0.15) is 0 Å². The van der Waals surface area contributed by atoms with Gasteiger partial charge in [-0.3, -0.25) is 5.43 Å². The van der Waals surface area contributed by atoms with Gasteiger partial charge in [-0.1, -0.05) is 12.1 Å². The van der Waals surface area contributed by atoms with Crippen molar-refractivity contribution in [1.29, 1.82) is 0 Å². The number of methoxy groups -OCH3 is 2. The summed E-state index contributed by atoms with van der Waals surface area (Å²) in [7, 11) is 3.27. The molecule has 0 radical (unpaired) electrons. The van der Waals surface area contributed by atoms with E-state index in [1.807, 2.05) is 30.3 Å². The van der Waals surface area contributed by atoms with Gasteiger partial charge in [0.1, 0.15) is 17.3 Å². The van der Waals surface area contributed by atoms with Gasteiger partial charge < -0.3 is 14.8 Å². The topological polar surface area (TPSA) is 91.8 Å². The molecule has 0 aliphatic carbocycles. The monoisotopic (exact) mass is 406 g/mol. The van der Waals surface area contributed by atoms with E-state index in [1.165, 1.54) is 4.70 Å². The molecule has 2 aromatic carbocycles. The van der Waals surface area contributed by atoms with E-state index in [0.29, 0.717) is 17.3 Å². The summed E-state index contributed by atoms with van der Waals surface area (Å²) in [5.74, 6) is 2.91. The Kier molecular flexibility index (Phi) is 4.30. The zero-order chi connectivity index (χ0) is 19.8. The first-order valence-electron chi connectivity index (χ1n) is 8.90. The zero-order valence-electron chi connectivity index (χ0n) is 15.7. The van der Waals surface area contributed by atoms with E-state index >= 15 is 0 Å². The van der Waals surface area contributed by atoms with Crippen LogP contribution in [-0.4, -0.2) is 25.0 Å².